The van der Waals surface area contributed by atoms with E-state index in [1.165, 1.54) is 4.88 Å². The van der Waals surface area contributed by atoms with Crippen LogP contribution in [-0.2, 0) is 22.4 Å². The standard InChI is InChI=1S/C22H35NO3S/c1-7-15-9-10-16-17(12-15)27-20(19(16)21(25)26-8-2)23-18(24)11-14(3)13-22(4,5)6/h14-15H,7-13H2,1-6H3,(H,23,24)/t14-,15-/m0/s1. The Morgan fingerprint density at radius 1 is 1.30 bits per heavy atom. The molecule has 1 aromatic heterocycles. The van der Waals surface area contributed by atoms with Crippen LogP contribution in [0.15, 0.2) is 0 Å². The molecule has 0 aliphatic heterocycles. The van der Waals surface area contributed by atoms with E-state index in [9.17, 15) is 9.59 Å². The molecule has 1 aromatic rings. The molecule has 0 saturated carbocycles. The minimum Gasteiger partial charge on any atom is -0.462 e. The molecule has 0 unspecified atom stereocenters. The molecular weight excluding hydrogens is 358 g/mol. The van der Waals surface area contributed by atoms with Gasteiger partial charge in [-0.05, 0) is 55.4 Å². The highest BCUT2D eigenvalue weighted by atomic mass is 32.1. The molecule has 0 saturated heterocycles. The smallest absolute Gasteiger partial charge is 0.341 e. The molecule has 27 heavy (non-hydrogen) atoms. The van der Waals surface area contributed by atoms with Gasteiger partial charge < -0.3 is 10.1 Å². The van der Waals surface area contributed by atoms with E-state index in [1.54, 1.807) is 11.3 Å². The number of nitrogens with one attached hydrogen (secondary N) is 1. The molecule has 1 N–H and O–H groups in total. The SMILES string of the molecule is CCOC(=O)c1c(NC(=O)C[C@H](C)CC(C)(C)C)sc2c1CC[C@H](CC)C2. The lowest BCUT2D eigenvalue weighted by Crippen LogP contribution is -2.20. The van der Waals surface area contributed by atoms with Crippen LogP contribution in [-0.4, -0.2) is 18.5 Å². The van der Waals surface area contributed by atoms with Crippen LogP contribution in [0.25, 0.3) is 0 Å². The van der Waals surface area contributed by atoms with Gasteiger partial charge in [0.1, 0.15) is 5.00 Å². The lowest BCUT2D eigenvalue weighted by atomic mass is 9.84. The third-order valence-corrected chi connectivity index (χ3v) is 6.34. The number of ether oxygens (including phenoxy) is 1. The second kappa shape index (κ2) is 9.22. The molecule has 5 heteroatoms. The molecule has 0 bridgehead atoms. The van der Waals surface area contributed by atoms with Gasteiger partial charge in [0.25, 0.3) is 0 Å². The van der Waals surface area contributed by atoms with E-state index in [2.05, 4.69) is 39.9 Å². The summed E-state index contributed by atoms with van der Waals surface area (Å²) in [6.07, 6.45) is 5.61. The van der Waals surface area contributed by atoms with Crippen molar-refractivity contribution in [1.82, 2.24) is 0 Å². The zero-order valence-electron chi connectivity index (χ0n) is 17.7. The third kappa shape index (κ3) is 6.06. The van der Waals surface area contributed by atoms with Crippen molar-refractivity contribution in [3.63, 3.8) is 0 Å². The maximum atomic E-state index is 12.6. The second-order valence-electron chi connectivity index (χ2n) is 9.07. The summed E-state index contributed by atoms with van der Waals surface area (Å²) in [4.78, 5) is 26.4. The molecule has 1 amide bonds. The van der Waals surface area contributed by atoms with Gasteiger partial charge in [0, 0.05) is 11.3 Å². The second-order valence-corrected chi connectivity index (χ2v) is 10.2. The summed E-state index contributed by atoms with van der Waals surface area (Å²) >= 11 is 1.57. The van der Waals surface area contributed by atoms with Gasteiger partial charge >= 0.3 is 5.97 Å². The quantitative estimate of drug-likeness (QED) is 0.592. The maximum absolute atomic E-state index is 12.6. The van der Waals surface area contributed by atoms with Gasteiger partial charge in [0.15, 0.2) is 0 Å². The predicted octanol–water partition coefficient (Wildman–Crippen LogP) is 5.84. The zero-order valence-corrected chi connectivity index (χ0v) is 18.6. The van der Waals surface area contributed by atoms with Crippen molar-refractivity contribution in [2.24, 2.45) is 17.3 Å². The van der Waals surface area contributed by atoms with Crippen molar-refractivity contribution in [2.75, 3.05) is 11.9 Å². The zero-order chi connectivity index (χ0) is 20.2. The monoisotopic (exact) mass is 393 g/mol. The number of carbonyl (C=O) groups excluding carboxylic acids is 2. The minimum absolute atomic E-state index is 0.0112. The van der Waals surface area contributed by atoms with Crippen molar-refractivity contribution in [2.45, 2.75) is 80.1 Å². The van der Waals surface area contributed by atoms with Crippen LogP contribution in [0.1, 0.15) is 88.0 Å². The summed E-state index contributed by atoms with van der Waals surface area (Å²) < 4.78 is 5.29. The average molecular weight is 394 g/mol. The first-order chi connectivity index (χ1) is 12.6. The summed E-state index contributed by atoms with van der Waals surface area (Å²) in [7, 11) is 0. The summed E-state index contributed by atoms with van der Waals surface area (Å²) in [5.41, 5.74) is 1.90. The molecule has 1 heterocycles. The first-order valence-corrected chi connectivity index (χ1v) is 11.1. The fourth-order valence-electron chi connectivity index (χ4n) is 4.12. The molecule has 0 aromatic carbocycles. The fourth-order valence-corrected chi connectivity index (χ4v) is 5.49. The van der Waals surface area contributed by atoms with Crippen LogP contribution < -0.4 is 5.32 Å². The molecule has 0 fully saturated rings. The van der Waals surface area contributed by atoms with E-state index < -0.39 is 0 Å². The number of anilines is 1. The molecule has 4 nitrogen and oxygen atoms in total. The number of fused-ring (bicyclic) bond motifs is 1. The van der Waals surface area contributed by atoms with Gasteiger partial charge in [-0.25, -0.2) is 4.79 Å². The Morgan fingerprint density at radius 2 is 2.00 bits per heavy atom. The van der Waals surface area contributed by atoms with Crippen LogP contribution in [0.4, 0.5) is 5.00 Å². The summed E-state index contributed by atoms with van der Waals surface area (Å²) in [6.45, 7) is 13.1. The Hall–Kier alpha value is -1.36. The van der Waals surface area contributed by atoms with E-state index in [0.717, 1.165) is 37.7 Å². The molecule has 1 aliphatic carbocycles. The molecule has 0 spiro atoms. The van der Waals surface area contributed by atoms with Gasteiger partial charge in [-0.15, -0.1) is 11.3 Å². The van der Waals surface area contributed by atoms with Crippen molar-refractivity contribution in [1.29, 1.82) is 0 Å². The topological polar surface area (TPSA) is 55.4 Å². The van der Waals surface area contributed by atoms with Crippen LogP contribution in [0.5, 0.6) is 0 Å². The highest BCUT2D eigenvalue weighted by Crippen LogP contribution is 2.41. The number of esters is 1. The molecule has 2 atom stereocenters. The van der Waals surface area contributed by atoms with Crippen LogP contribution in [0.3, 0.4) is 0 Å². The largest absolute Gasteiger partial charge is 0.462 e. The maximum Gasteiger partial charge on any atom is 0.341 e. The van der Waals surface area contributed by atoms with Crippen molar-refractivity contribution < 1.29 is 14.3 Å². The number of carbonyl (C=O) groups is 2. The highest BCUT2D eigenvalue weighted by molar-refractivity contribution is 7.17. The Kier molecular flexibility index (Phi) is 7.49. The van der Waals surface area contributed by atoms with Gasteiger partial charge in [-0.2, -0.15) is 0 Å². The number of rotatable bonds is 7. The first kappa shape index (κ1) is 21.9. The fraction of sp³-hybridized carbons (Fsp3) is 0.727. The lowest BCUT2D eigenvalue weighted by Gasteiger charge is -2.22. The molecule has 2 rings (SSSR count). The van der Waals surface area contributed by atoms with Crippen molar-refractivity contribution in [3.05, 3.63) is 16.0 Å². The van der Waals surface area contributed by atoms with E-state index in [4.69, 9.17) is 4.74 Å². The number of amides is 1. The third-order valence-electron chi connectivity index (χ3n) is 5.17. The summed E-state index contributed by atoms with van der Waals surface area (Å²) in [5, 5.41) is 3.72. The highest BCUT2D eigenvalue weighted by Gasteiger charge is 2.30. The molecular formula is C22H35NO3S. The average Bonchev–Trinajstić information content (AvgIpc) is 2.89. The van der Waals surface area contributed by atoms with Crippen molar-refractivity contribution in [3.8, 4) is 0 Å². The van der Waals surface area contributed by atoms with Gasteiger partial charge in [-0.1, -0.05) is 41.0 Å². The van der Waals surface area contributed by atoms with Gasteiger partial charge in [0.05, 0.1) is 12.2 Å². The van der Waals surface area contributed by atoms with Crippen LogP contribution >= 0.6 is 11.3 Å². The van der Waals surface area contributed by atoms with Crippen molar-refractivity contribution >= 4 is 28.2 Å². The number of thiophene rings is 1. The van der Waals surface area contributed by atoms with E-state index in [-0.39, 0.29) is 17.3 Å². The Bertz CT molecular complexity index is 672. The Balaban J connectivity index is 2.18. The molecule has 1 aliphatic rings. The lowest BCUT2D eigenvalue weighted by molar-refractivity contribution is -0.117. The first-order valence-electron chi connectivity index (χ1n) is 10.3. The van der Waals surface area contributed by atoms with E-state index in [1.807, 2.05) is 6.92 Å². The predicted molar refractivity (Wildman–Crippen MR) is 113 cm³/mol. The minimum atomic E-state index is -0.303. The normalized spacial score (nSPS) is 17.9. The van der Waals surface area contributed by atoms with E-state index in [0.29, 0.717) is 35.4 Å². The van der Waals surface area contributed by atoms with Crippen LogP contribution in [0, 0.1) is 17.3 Å². The number of hydrogen-bond acceptors (Lipinski definition) is 4. The molecule has 0 radical (unpaired) electrons. The summed E-state index contributed by atoms with van der Waals surface area (Å²) in [6, 6.07) is 0. The summed E-state index contributed by atoms with van der Waals surface area (Å²) in [5.74, 6) is 0.655. The Morgan fingerprint density at radius 3 is 2.59 bits per heavy atom. The van der Waals surface area contributed by atoms with E-state index >= 15 is 0 Å². The van der Waals surface area contributed by atoms with Gasteiger partial charge in [0.2, 0.25) is 5.91 Å². The molecule has 152 valence electrons. The van der Waals surface area contributed by atoms with Crippen LogP contribution in [0.2, 0.25) is 0 Å². The number of hydrogen-bond donors (Lipinski definition) is 1. The Labute approximate surface area is 168 Å². The van der Waals surface area contributed by atoms with Gasteiger partial charge in [-0.3, -0.25) is 4.79 Å².